The van der Waals surface area contributed by atoms with Crippen LogP contribution in [-0.2, 0) is 6.54 Å². The van der Waals surface area contributed by atoms with Crippen molar-refractivity contribution in [2.24, 2.45) is 0 Å². The molecular weight excluding hydrogens is 248 g/mol. The van der Waals surface area contributed by atoms with Gasteiger partial charge in [0.1, 0.15) is 0 Å². The van der Waals surface area contributed by atoms with E-state index in [-0.39, 0.29) is 0 Å². The molecule has 2 rings (SSSR count). The van der Waals surface area contributed by atoms with Gasteiger partial charge in [0.05, 0.1) is 12.0 Å². The molecule has 0 spiro atoms. The summed E-state index contributed by atoms with van der Waals surface area (Å²) in [5.41, 5.74) is 2.43. The first kappa shape index (κ1) is 15.5. The topological polar surface area (TPSA) is 33.1 Å². The summed E-state index contributed by atoms with van der Waals surface area (Å²) in [4.78, 5) is 6.97. The number of aromatic nitrogens is 2. The molecule has 2 heterocycles. The molecule has 1 aromatic heterocycles. The Balaban J connectivity index is 1.67. The summed E-state index contributed by atoms with van der Waals surface area (Å²) in [6.45, 7) is 12.3. The van der Waals surface area contributed by atoms with Gasteiger partial charge in [0.15, 0.2) is 0 Å². The third-order valence-corrected chi connectivity index (χ3v) is 4.42. The number of aryl methyl sites for hydroxylation is 1. The highest BCUT2D eigenvalue weighted by Crippen LogP contribution is 2.09. The molecule has 4 nitrogen and oxygen atoms in total. The quantitative estimate of drug-likeness (QED) is 0.867. The van der Waals surface area contributed by atoms with Crippen LogP contribution in [0, 0.1) is 13.8 Å². The number of rotatable bonds is 6. The molecule has 1 N–H and O–H groups in total. The predicted molar refractivity (Wildman–Crippen MR) is 84.1 cm³/mol. The van der Waals surface area contributed by atoms with Crippen molar-refractivity contribution in [2.75, 3.05) is 26.2 Å². The summed E-state index contributed by atoms with van der Waals surface area (Å²) in [5.74, 6) is 0. The van der Waals surface area contributed by atoms with Gasteiger partial charge in [-0.05, 0) is 46.7 Å². The van der Waals surface area contributed by atoms with E-state index in [0.717, 1.165) is 18.8 Å². The molecule has 114 valence electrons. The van der Waals surface area contributed by atoms with Gasteiger partial charge in [-0.15, -0.1) is 0 Å². The van der Waals surface area contributed by atoms with E-state index in [9.17, 15) is 0 Å². The van der Waals surface area contributed by atoms with Crippen molar-refractivity contribution in [3.05, 3.63) is 17.7 Å². The largest absolute Gasteiger partial charge is 0.333 e. The van der Waals surface area contributed by atoms with Gasteiger partial charge in [0.2, 0.25) is 0 Å². The second-order valence-corrected chi connectivity index (χ2v) is 6.18. The van der Waals surface area contributed by atoms with Crippen LogP contribution < -0.4 is 5.32 Å². The van der Waals surface area contributed by atoms with Crippen molar-refractivity contribution >= 4 is 0 Å². The smallest absolute Gasteiger partial charge is 0.0951 e. The van der Waals surface area contributed by atoms with Crippen molar-refractivity contribution in [1.82, 2.24) is 19.8 Å². The van der Waals surface area contributed by atoms with E-state index >= 15 is 0 Å². The third-order valence-electron chi connectivity index (χ3n) is 4.42. The first-order chi connectivity index (χ1) is 9.66. The predicted octanol–water partition coefficient (Wildman–Crippen LogP) is 2.35. The van der Waals surface area contributed by atoms with Crippen LogP contribution >= 0.6 is 0 Å². The summed E-state index contributed by atoms with van der Waals surface area (Å²) in [6.07, 6.45) is 7.53. The summed E-state index contributed by atoms with van der Waals surface area (Å²) in [7, 11) is 0. The molecule has 1 aliphatic heterocycles. The number of likely N-dealkylation sites (tertiary alicyclic amines) is 1. The minimum atomic E-state index is 0.568. The Morgan fingerprint density at radius 3 is 2.50 bits per heavy atom. The van der Waals surface area contributed by atoms with Gasteiger partial charge in [0.25, 0.3) is 0 Å². The summed E-state index contributed by atoms with van der Waals surface area (Å²) >= 11 is 0. The number of nitrogens with zero attached hydrogens (tertiary/aromatic N) is 3. The zero-order valence-electron chi connectivity index (χ0n) is 13.4. The fourth-order valence-corrected chi connectivity index (χ4v) is 2.97. The molecule has 0 amide bonds. The molecular formula is C16H30N4. The lowest BCUT2D eigenvalue weighted by atomic mass is 10.2. The zero-order valence-corrected chi connectivity index (χ0v) is 13.4. The second-order valence-electron chi connectivity index (χ2n) is 6.18. The number of imidazole rings is 1. The van der Waals surface area contributed by atoms with Gasteiger partial charge >= 0.3 is 0 Å². The van der Waals surface area contributed by atoms with Crippen LogP contribution in [0.25, 0.3) is 0 Å². The maximum absolute atomic E-state index is 4.34. The molecule has 0 saturated carbocycles. The molecule has 1 atom stereocenters. The summed E-state index contributed by atoms with van der Waals surface area (Å²) < 4.78 is 2.24. The number of hydrogen-bond acceptors (Lipinski definition) is 3. The third kappa shape index (κ3) is 4.60. The van der Waals surface area contributed by atoms with Crippen LogP contribution in [0.15, 0.2) is 6.33 Å². The van der Waals surface area contributed by atoms with Crippen molar-refractivity contribution in [2.45, 2.75) is 59.0 Å². The van der Waals surface area contributed by atoms with Gasteiger partial charge in [-0.25, -0.2) is 4.98 Å². The Morgan fingerprint density at radius 2 is 1.90 bits per heavy atom. The Morgan fingerprint density at radius 1 is 1.20 bits per heavy atom. The van der Waals surface area contributed by atoms with E-state index in [1.54, 1.807) is 0 Å². The molecule has 1 fully saturated rings. The lowest BCUT2D eigenvalue weighted by Gasteiger charge is -2.24. The normalized spacial score (nSPS) is 18.9. The van der Waals surface area contributed by atoms with Crippen molar-refractivity contribution in [3.63, 3.8) is 0 Å². The Hall–Kier alpha value is -0.870. The highest BCUT2D eigenvalue weighted by Gasteiger charge is 2.12. The molecule has 0 radical (unpaired) electrons. The highest BCUT2D eigenvalue weighted by atomic mass is 15.2. The van der Waals surface area contributed by atoms with Crippen LogP contribution in [0.5, 0.6) is 0 Å². The average molecular weight is 278 g/mol. The Kier molecular flexibility index (Phi) is 6.05. The molecule has 20 heavy (non-hydrogen) atoms. The monoisotopic (exact) mass is 278 g/mol. The fourth-order valence-electron chi connectivity index (χ4n) is 2.97. The van der Waals surface area contributed by atoms with Crippen LogP contribution in [0.4, 0.5) is 0 Å². The van der Waals surface area contributed by atoms with Gasteiger partial charge in [-0.3, -0.25) is 0 Å². The average Bonchev–Trinajstić information content (AvgIpc) is 2.65. The minimum Gasteiger partial charge on any atom is -0.333 e. The second kappa shape index (κ2) is 7.79. The first-order valence-electron chi connectivity index (χ1n) is 8.11. The lowest BCUT2D eigenvalue weighted by molar-refractivity contribution is 0.255. The lowest BCUT2D eigenvalue weighted by Crippen LogP contribution is -2.40. The Labute approximate surface area is 123 Å². The maximum atomic E-state index is 4.34. The highest BCUT2D eigenvalue weighted by molar-refractivity contribution is 5.08. The fraction of sp³-hybridized carbons (Fsp3) is 0.812. The van der Waals surface area contributed by atoms with E-state index in [2.05, 4.69) is 40.5 Å². The van der Waals surface area contributed by atoms with E-state index in [1.807, 2.05) is 6.33 Å². The Bertz CT molecular complexity index is 391. The molecule has 0 unspecified atom stereocenters. The molecule has 0 bridgehead atoms. The minimum absolute atomic E-state index is 0.568. The zero-order chi connectivity index (χ0) is 14.4. The van der Waals surface area contributed by atoms with E-state index in [0.29, 0.717) is 6.04 Å². The molecule has 4 heteroatoms. The van der Waals surface area contributed by atoms with Gasteiger partial charge in [0, 0.05) is 31.4 Å². The summed E-state index contributed by atoms with van der Waals surface area (Å²) in [5, 5.41) is 3.65. The van der Waals surface area contributed by atoms with Crippen LogP contribution in [0.3, 0.4) is 0 Å². The van der Waals surface area contributed by atoms with E-state index in [4.69, 9.17) is 0 Å². The number of hydrogen-bond donors (Lipinski definition) is 1. The van der Waals surface area contributed by atoms with Crippen LogP contribution in [-0.4, -0.2) is 46.7 Å². The van der Waals surface area contributed by atoms with Gasteiger partial charge in [-0.1, -0.05) is 12.8 Å². The van der Waals surface area contributed by atoms with Crippen LogP contribution in [0.2, 0.25) is 0 Å². The molecule has 1 aliphatic rings. The molecule has 1 aromatic rings. The SMILES string of the molecule is Cc1ncn(CCN[C@@H](C)CN2CCCCCC2)c1C. The van der Waals surface area contributed by atoms with Crippen molar-refractivity contribution in [1.29, 1.82) is 0 Å². The van der Waals surface area contributed by atoms with E-state index < -0.39 is 0 Å². The molecule has 0 aromatic carbocycles. The van der Waals surface area contributed by atoms with Crippen molar-refractivity contribution in [3.8, 4) is 0 Å². The van der Waals surface area contributed by atoms with Crippen molar-refractivity contribution < 1.29 is 0 Å². The molecule has 0 aliphatic carbocycles. The van der Waals surface area contributed by atoms with Gasteiger partial charge < -0.3 is 14.8 Å². The maximum Gasteiger partial charge on any atom is 0.0951 e. The first-order valence-corrected chi connectivity index (χ1v) is 8.11. The van der Waals surface area contributed by atoms with Gasteiger partial charge in [-0.2, -0.15) is 0 Å². The van der Waals surface area contributed by atoms with Crippen LogP contribution in [0.1, 0.15) is 44.0 Å². The number of nitrogens with one attached hydrogen (secondary N) is 1. The molecule has 1 saturated heterocycles. The standard InChI is InChI=1S/C16H30N4/c1-14(12-19-9-6-4-5-7-10-19)17-8-11-20-13-18-15(2)16(20)3/h13-14,17H,4-12H2,1-3H3/t14-/m0/s1. The summed E-state index contributed by atoms with van der Waals surface area (Å²) in [6, 6.07) is 0.568. The van der Waals surface area contributed by atoms with E-state index in [1.165, 1.54) is 51.0 Å².